The number of rotatable bonds is 5. The van der Waals surface area contributed by atoms with E-state index in [2.05, 4.69) is 10.1 Å². The Hall–Kier alpha value is -2.85. The molecule has 176 valence electrons. The molecule has 1 fully saturated rings. The molecule has 3 aromatic rings. The summed E-state index contributed by atoms with van der Waals surface area (Å²) in [5.41, 5.74) is 0.113. The zero-order valence-corrected chi connectivity index (χ0v) is 19.4. The van der Waals surface area contributed by atoms with Crippen LogP contribution in [0.25, 0.3) is 0 Å². The lowest BCUT2D eigenvalue weighted by Gasteiger charge is -2.37. The summed E-state index contributed by atoms with van der Waals surface area (Å²) < 4.78 is 59.5. The third-order valence-electron chi connectivity index (χ3n) is 6.36. The Bertz CT molecular complexity index is 1320. The van der Waals surface area contributed by atoms with E-state index in [1.165, 1.54) is 8.99 Å². The van der Waals surface area contributed by atoms with Crippen LogP contribution < -0.4 is 5.69 Å². The van der Waals surface area contributed by atoms with E-state index < -0.39 is 38.5 Å². The van der Waals surface area contributed by atoms with Crippen LogP contribution in [0.5, 0.6) is 0 Å². The van der Waals surface area contributed by atoms with E-state index in [0.29, 0.717) is 18.4 Å². The van der Waals surface area contributed by atoms with Gasteiger partial charge in [0.1, 0.15) is 22.7 Å². The Labute approximate surface area is 191 Å². The molecule has 0 saturated carbocycles. The van der Waals surface area contributed by atoms with Gasteiger partial charge < -0.3 is 0 Å². The van der Waals surface area contributed by atoms with Crippen LogP contribution in [0.3, 0.4) is 0 Å². The average Bonchev–Trinajstić information content (AvgIpc) is 3.11. The molecular weight excluding hydrogens is 450 g/mol. The van der Waals surface area contributed by atoms with Crippen molar-refractivity contribution >= 4 is 10.0 Å². The summed E-state index contributed by atoms with van der Waals surface area (Å²) in [5, 5.41) is 1.73. The summed E-state index contributed by atoms with van der Waals surface area (Å²) in [6, 6.07) is 10.7. The van der Waals surface area contributed by atoms with Gasteiger partial charge in [0.2, 0.25) is 10.0 Å². The van der Waals surface area contributed by atoms with Crippen LogP contribution in [-0.4, -0.2) is 33.5 Å². The zero-order chi connectivity index (χ0) is 23.9. The van der Waals surface area contributed by atoms with Gasteiger partial charge in [0.05, 0.1) is 0 Å². The van der Waals surface area contributed by atoms with Crippen molar-refractivity contribution in [3.63, 3.8) is 0 Å². The molecule has 1 aliphatic heterocycles. The van der Waals surface area contributed by atoms with Gasteiger partial charge in [-0.3, -0.25) is 4.68 Å². The van der Waals surface area contributed by atoms with E-state index in [0.717, 1.165) is 12.1 Å². The third kappa shape index (κ3) is 4.37. The number of aromatic nitrogens is 3. The van der Waals surface area contributed by atoms with Crippen molar-refractivity contribution in [1.82, 2.24) is 19.1 Å². The maximum Gasteiger partial charge on any atom is 0.361 e. The Kier molecular flexibility index (Phi) is 6.24. The van der Waals surface area contributed by atoms with Crippen molar-refractivity contribution < 1.29 is 17.2 Å². The lowest BCUT2D eigenvalue weighted by molar-refractivity contribution is 0.278. The molecule has 0 spiro atoms. The van der Waals surface area contributed by atoms with Gasteiger partial charge in [-0.05, 0) is 37.5 Å². The highest BCUT2D eigenvalue weighted by Crippen LogP contribution is 2.38. The molecule has 1 N–H and O–H groups in total. The van der Waals surface area contributed by atoms with E-state index in [1.807, 2.05) is 6.07 Å². The maximum atomic E-state index is 15.1. The van der Waals surface area contributed by atoms with E-state index in [9.17, 15) is 13.2 Å². The van der Waals surface area contributed by atoms with Crippen LogP contribution in [0.1, 0.15) is 60.4 Å². The first-order valence-corrected chi connectivity index (χ1v) is 12.3. The number of hydrogen-bond acceptors (Lipinski definition) is 4. The van der Waals surface area contributed by atoms with Gasteiger partial charge in [0.25, 0.3) is 0 Å². The number of aromatic amines is 1. The van der Waals surface area contributed by atoms with E-state index in [1.54, 1.807) is 45.2 Å². The quantitative estimate of drug-likeness (QED) is 0.610. The molecule has 1 unspecified atom stereocenters. The number of H-pyrrole nitrogens is 1. The number of nitrogens with one attached hydrogen (secondary N) is 1. The monoisotopic (exact) mass is 476 g/mol. The summed E-state index contributed by atoms with van der Waals surface area (Å²) in [6.45, 7) is 3.14. The SMILES string of the molecule is CC(c1cc(F)c(CN2[C@@H](C)CC[C@H](c3ccccc3)S2(=O)=O)cc1F)c1nc(=O)[nH]n1C. The predicted octanol–water partition coefficient (Wildman–Crippen LogP) is 3.59. The minimum atomic E-state index is -3.77. The molecule has 1 aromatic heterocycles. The number of aryl methyl sites for hydroxylation is 1. The summed E-state index contributed by atoms with van der Waals surface area (Å²) >= 11 is 0. The van der Waals surface area contributed by atoms with Crippen molar-refractivity contribution in [2.24, 2.45) is 7.05 Å². The molecule has 0 amide bonds. The van der Waals surface area contributed by atoms with Gasteiger partial charge in [-0.1, -0.05) is 37.3 Å². The highest BCUT2D eigenvalue weighted by molar-refractivity contribution is 7.89. The molecule has 0 aliphatic carbocycles. The van der Waals surface area contributed by atoms with Crippen molar-refractivity contribution in [3.05, 3.63) is 87.1 Å². The van der Waals surface area contributed by atoms with E-state index >= 15 is 8.78 Å². The number of sulfonamides is 1. The van der Waals surface area contributed by atoms with Crippen LogP contribution in [-0.2, 0) is 23.6 Å². The first-order valence-electron chi connectivity index (χ1n) is 10.8. The Balaban J connectivity index is 1.65. The van der Waals surface area contributed by atoms with Crippen molar-refractivity contribution in [3.8, 4) is 0 Å². The molecule has 10 heteroatoms. The van der Waals surface area contributed by atoms with E-state index in [-0.39, 0.29) is 29.5 Å². The molecule has 1 aliphatic rings. The van der Waals surface area contributed by atoms with Crippen molar-refractivity contribution in [1.29, 1.82) is 0 Å². The summed E-state index contributed by atoms with van der Waals surface area (Å²) in [6.07, 6.45) is 1.09. The van der Waals surface area contributed by atoms with Gasteiger partial charge in [0, 0.05) is 36.7 Å². The molecular formula is C23H26F2N4O3S. The molecule has 7 nitrogen and oxygen atoms in total. The third-order valence-corrected chi connectivity index (χ3v) is 8.73. The number of nitrogens with zero attached hydrogens (tertiary/aromatic N) is 3. The second kappa shape index (κ2) is 8.83. The lowest BCUT2D eigenvalue weighted by atomic mass is 9.97. The van der Waals surface area contributed by atoms with Crippen LogP contribution in [0, 0.1) is 11.6 Å². The van der Waals surface area contributed by atoms with Gasteiger partial charge >= 0.3 is 5.69 Å². The van der Waals surface area contributed by atoms with Gasteiger partial charge in [0.15, 0.2) is 0 Å². The topological polar surface area (TPSA) is 88.1 Å². The van der Waals surface area contributed by atoms with Crippen LogP contribution >= 0.6 is 0 Å². The Morgan fingerprint density at radius 2 is 1.85 bits per heavy atom. The van der Waals surface area contributed by atoms with Crippen LogP contribution in [0.15, 0.2) is 47.3 Å². The van der Waals surface area contributed by atoms with Crippen LogP contribution in [0.2, 0.25) is 0 Å². The number of benzene rings is 2. The van der Waals surface area contributed by atoms with Crippen molar-refractivity contribution in [2.75, 3.05) is 0 Å². The molecule has 33 heavy (non-hydrogen) atoms. The highest BCUT2D eigenvalue weighted by atomic mass is 32.2. The smallest absolute Gasteiger partial charge is 0.273 e. The molecule has 3 atom stereocenters. The Morgan fingerprint density at radius 3 is 2.48 bits per heavy atom. The number of halogens is 2. The minimum Gasteiger partial charge on any atom is -0.273 e. The standard InChI is InChI=1S/C23H26F2N4O3S/c1-14-9-10-21(16-7-5-4-6-8-16)33(31,32)29(14)13-17-11-20(25)18(12-19(17)24)15(2)22-26-23(30)27-28(22)3/h4-8,11-12,14-15,21H,9-10,13H2,1-3H3,(H,27,30)/t14-,15?,21+/m0/s1. The Morgan fingerprint density at radius 1 is 1.15 bits per heavy atom. The normalized spacial score (nSPS) is 21.7. The maximum absolute atomic E-state index is 15.1. The molecule has 0 radical (unpaired) electrons. The minimum absolute atomic E-state index is 0.0371. The first-order chi connectivity index (χ1) is 15.6. The highest BCUT2D eigenvalue weighted by Gasteiger charge is 2.40. The van der Waals surface area contributed by atoms with Crippen molar-refractivity contribution in [2.45, 2.75) is 50.4 Å². The fourth-order valence-electron chi connectivity index (χ4n) is 4.51. The van der Waals surface area contributed by atoms with Gasteiger partial charge in [-0.15, -0.1) is 0 Å². The lowest BCUT2D eigenvalue weighted by Crippen LogP contribution is -2.44. The molecule has 1 saturated heterocycles. The number of hydrogen-bond donors (Lipinski definition) is 1. The second-order valence-electron chi connectivity index (χ2n) is 8.55. The fourth-order valence-corrected chi connectivity index (χ4v) is 6.70. The molecule has 2 aromatic carbocycles. The molecule has 4 rings (SSSR count). The summed E-state index contributed by atoms with van der Waals surface area (Å²) in [7, 11) is -2.21. The van der Waals surface area contributed by atoms with Crippen LogP contribution in [0.4, 0.5) is 8.78 Å². The first kappa shape index (κ1) is 23.3. The van der Waals surface area contributed by atoms with Gasteiger partial charge in [-0.25, -0.2) is 27.1 Å². The second-order valence-corrected chi connectivity index (χ2v) is 10.6. The predicted molar refractivity (Wildman–Crippen MR) is 120 cm³/mol. The summed E-state index contributed by atoms with van der Waals surface area (Å²) in [4.78, 5) is 15.3. The largest absolute Gasteiger partial charge is 0.361 e. The summed E-state index contributed by atoms with van der Waals surface area (Å²) in [5.74, 6) is -1.80. The molecule has 0 bridgehead atoms. The zero-order valence-electron chi connectivity index (χ0n) is 18.6. The molecule has 2 heterocycles. The van der Waals surface area contributed by atoms with Gasteiger partial charge in [-0.2, -0.15) is 9.29 Å². The average molecular weight is 477 g/mol. The van der Waals surface area contributed by atoms with E-state index in [4.69, 9.17) is 0 Å². The fraction of sp³-hybridized carbons (Fsp3) is 0.391.